The number of hydrogen-bond acceptors (Lipinski definition) is 1. The molecule has 2 rings (SSSR count). The monoisotopic (exact) mass is 222 g/mol. The van der Waals surface area contributed by atoms with Crippen molar-refractivity contribution in [2.45, 2.75) is 59.0 Å². The quantitative estimate of drug-likeness (QED) is 0.669. The molecule has 1 nitrogen and oxygen atoms in total. The zero-order valence-electron chi connectivity index (χ0n) is 10.9. The van der Waals surface area contributed by atoms with Gasteiger partial charge in [-0.05, 0) is 55.8 Å². The van der Waals surface area contributed by atoms with Gasteiger partial charge < -0.3 is 5.11 Å². The van der Waals surface area contributed by atoms with Crippen molar-refractivity contribution >= 4 is 0 Å². The minimum Gasteiger partial charge on any atom is -0.393 e. The SMILES string of the molecule is CC(C)[C@@H]1CC=C2CCC[C@H](C)[C@H](O)[C@@H]1C2. The second-order valence-corrected chi connectivity index (χ2v) is 6.23. The van der Waals surface area contributed by atoms with E-state index in [0.717, 1.165) is 6.42 Å². The van der Waals surface area contributed by atoms with Gasteiger partial charge in [0.2, 0.25) is 0 Å². The standard InChI is InChI=1S/C15H26O/c1-10(2)13-8-7-12-6-4-5-11(3)15(16)14(13)9-12/h7,10-11,13-16H,4-6,8-9H2,1-3H3/t11-,13-,14+,15-/m0/s1. The summed E-state index contributed by atoms with van der Waals surface area (Å²) in [5, 5.41) is 10.5. The molecule has 2 aliphatic carbocycles. The molecule has 16 heavy (non-hydrogen) atoms. The molecule has 0 amide bonds. The Kier molecular flexibility index (Phi) is 3.73. The summed E-state index contributed by atoms with van der Waals surface area (Å²) in [5.41, 5.74) is 1.62. The van der Waals surface area contributed by atoms with Crippen LogP contribution in [0.15, 0.2) is 11.6 Å². The molecule has 2 bridgehead atoms. The van der Waals surface area contributed by atoms with E-state index in [2.05, 4.69) is 26.8 Å². The molecule has 0 spiro atoms. The molecule has 4 atom stereocenters. The van der Waals surface area contributed by atoms with E-state index in [1.807, 2.05) is 0 Å². The third-order valence-electron chi connectivity index (χ3n) is 4.76. The summed E-state index contributed by atoms with van der Waals surface area (Å²) in [6.45, 7) is 6.84. The first-order chi connectivity index (χ1) is 7.59. The fraction of sp³-hybridized carbons (Fsp3) is 0.867. The van der Waals surface area contributed by atoms with E-state index in [1.165, 1.54) is 25.7 Å². The normalized spacial score (nSPS) is 40.2. The summed E-state index contributed by atoms with van der Waals surface area (Å²) in [7, 11) is 0. The van der Waals surface area contributed by atoms with Crippen LogP contribution in [0.1, 0.15) is 52.9 Å². The molecular formula is C15H26O. The molecule has 92 valence electrons. The van der Waals surface area contributed by atoms with Crippen molar-refractivity contribution in [3.05, 3.63) is 11.6 Å². The molecule has 0 aromatic carbocycles. The maximum absolute atomic E-state index is 10.5. The van der Waals surface area contributed by atoms with Gasteiger partial charge in [0, 0.05) is 0 Å². The minimum absolute atomic E-state index is 0.0728. The minimum atomic E-state index is -0.0728. The largest absolute Gasteiger partial charge is 0.393 e. The zero-order chi connectivity index (χ0) is 11.7. The summed E-state index contributed by atoms with van der Waals surface area (Å²) in [5.74, 6) is 2.41. The lowest BCUT2D eigenvalue weighted by Crippen LogP contribution is -2.38. The van der Waals surface area contributed by atoms with Gasteiger partial charge in [-0.3, -0.25) is 0 Å². The number of aliphatic hydroxyl groups is 1. The van der Waals surface area contributed by atoms with Crippen LogP contribution in [0.2, 0.25) is 0 Å². The Bertz CT molecular complexity index is 267. The maximum Gasteiger partial charge on any atom is 0.0599 e. The van der Waals surface area contributed by atoms with Gasteiger partial charge >= 0.3 is 0 Å². The fourth-order valence-corrected chi connectivity index (χ4v) is 3.60. The number of fused-ring (bicyclic) bond motifs is 2. The van der Waals surface area contributed by atoms with Gasteiger partial charge in [0.25, 0.3) is 0 Å². The Morgan fingerprint density at radius 3 is 2.81 bits per heavy atom. The molecule has 1 saturated carbocycles. The molecule has 0 aliphatic heterocycles. The van der Waals surface area contributed by atoms with Crippen LogP contribution in [0.25, 0.3) is 0 Å². The van der Waals surface area contributed by atoms with Crippen LogP contribution in [0.5, 0.6) is 0 Å². The van der Waals surface area contributed by atoms with Crippen LogP contribution < -0.4 is 0 Å². The number of aliphatic hydroxyl groups excluding tert-OH is 1. The Morgan fingerprint density at radius 1 is 1.38 bits per heavy atom. The van der Waals surface area contributed by atoms with Crippen molar-refractivity contribution in [1.82, 2.24) is 0 Å². The molecule has 0 unspecified atom stereocenters. The Hall–Kier alpha value is -0.300. The van der Waals surface area contributed by atoms with Gasteiger partial charge in [-0.15, -0.1) is 0 Å². The van der Waals surface area contributed by atoms with Crippen molar-refractivity contribution in [2.75, 3.05) is 0 Å². The molecular weight excluding hydrogens is 196 g/mol. The predicted molar refractivity (Wildman–Crippen MR) is 68.2 cm³/mol. The van der Waals surface area contributed by atoms with E-state index in [0.29, 0.717) is 23.7 Å². The highest BCUT2D eigenvalue weighted by Crippen LogP contribution is 2.42. The molecule has 1 N–H and O–H groups in total. The number of hydrogen-bond donors (Lipinski definition) is 1. The topological polar surface area (TPSA) is 20.2 Å². The van der Waals surface area contributed by atoms with Crippen molar-refractivity contribution in [3.63, 3.8) is 0 Å². The Labute approximate surface area is 99.9 Å². The second kappa shape index (κ2) is 4.91. The third kappa shape index (κ3) is 2.34. The first-order valence-corrected chi connectivity index (χ1v) is 6.95. The number of rotatable bonds is 1. The molecule has 0 saturated heterocycles. The second-order valence-electron chi connectivity index (χ2n) is 6.23. The van der Waals surface area contributed by atoms with E-state index in [4.69, 9.17) is 0 Å². The van der Waals surface area contributed by atoms with Gasteiger partial charge in [0.1, 0.15) is 0 Å². The zero-order valence-corrected chi connectivity index (χ0v) is 10.9. The van der Waals surface area contributed by atoms with Gasteiger partial charge in [-0.1, -0.05) is 32.4 Å². The van der Waals surface area contributed by atoms with Crippen LogP contribution in [0, 0.1) is 23.7 Å². The van der Waals surface area contributed by atoms with E-state index >= 15 is 0 Å². The molecule has 0 heterocycles. The molecule has 0 aromatic heterocycles. The molecule has 2 aliphatic rings. The molecule has 1 heteroatoms. The summed E-state index contributed by atoms with van der Waals surface area (Å²) in [6, 6.07) is 0. The number of allylic oxidation sites excluding steroid dienone is 2. The van der Waals surface area contributed by atoms with Crippen LogP contribution in [-0.4, -0.2) is 11.2 Å². The third-order valence-corrected chi connectivity index (χ3v) is 4.76. The van der Waals surface area contributed by atoms with E-state index < -0.39 is 0 Å². The van der Waals surface area contributed by atoms with Crippen molar-refractivity contribution in [1.29, 1.82) is 0 Å². The lowest BCUT2D eigenvalue weighted by molar-refractivity contribution is 0.00616. The highest BCUT2D eigenvalue weighted by Gasteiger charge is 2.36. The summed E-state index contributed by atoms with van der Waals surface area (Å²) >= 11 is 0. The van der Waals surface area contributed by atoms with Gasteiger partial charge in [-0.25, -0.2) is 0 Å². The van der Waals surface area contributed by atoms with Crippen LogP contribution >= 0.6 is 0 Å². The Balaban J connectivity index is 2.20. The molecule has 0 aromatic rings. The first-order valence-electron chi connectivity index (χ1n) is 6.95. The van der Waals surface area contributed by atoms with Gasteiger partial charge in [0.05, 0.1) is 6.10 Å². The molecule has 1 fully saturated rings. The lowest BCUT2D eigenvalue weighted by Gasteiger charge is -2.40. The van der Waals surface area contributed by atoms with Crippen LogP contribution in [0.4, 0.5) is 0 Å². The van der Waals surface area contributed by atoms with Crippen molar-refractivity contribution in [3.8, 4) is 0 Å². The van der Waals surface area contributed by atoms with Crippen LogP contribution in [-0.2, 0) is 0 Å². The van der Waals surface area contributed by atoms with Crippen LogP contribution in [0.3, 0.4) is 0 Å². The van der Waals surface area contributed by atoms with E-state index in [-0.39, 0.29) is 6.10 Å². The fourth-order valence-electron chi connectivity index (χ4n) is 3.60. The highest BCUT2D eigenvalue weighted by atomic mass is 16.3. The first kappa shape index (κ1) is 12.2. The van der Waals surface area contributed by atoms with Crippen molar-refractivity contribution < 1.29 is 5.11 Å². The maximum atomic E-state index is 10.5. The Morgan fingerprint density at radius 2 is 2.12 bits per heavy atom. The predicted octanol–water partition coefficient (Wildman–Crippen LogP) is 3.78. The van der Waals surface area contributed by atoms with E-state index in [9.17, 15) is 5.11 Å². The molecule has 0 radical (unpaired) electrons. The average molecular weight is 222 g/mol. The van der Waals surface area contributed by atoms with E-state index in [1.54, 1.807) is 5.57 Å². The summed E-state index contributed by atoms with van der Waals surface area (Å²) in [4.78, 5) is 0. The average Bonchev–Trinajstić information content (AvgIpc) is 2.26. The van der Waals surface area contributed by atoms with Crippen molar-refractivity contribution in [2.24, 2.45) is 23.7 Å². The lowest BCUT2D eigenvalue weighted by atomic mass is 9.67. The summed E-state index contributed by atoms with van der Waals surface area (Å²) < 4.78 is 0. The smallest absolute Gasteiger partial charge is 0.0599 e. The summed E-state index contributed by atoms with van der Waals surface area (Å²) in [6.07, 6.45) is 8.48. The highest BCUT2D eigenvalue weighted by molar-refractivity contribution is 5.11. The van der Waals surface area contributed by atoms with Gasteiger partial charge in [0.15, 0.2) is 0 Å². The van der Waals surface area contributed by atoms with Gasteiger partial charge in [-0.2, -0.15) is 0 Å².